The highest BCUT2D eigenvalue weighted by atomic mass is 35.5. The van der Waals surface area contributed by atoms with E-state index in [1.165, 1.54) is 7.11 Å². The Bertz CT molecular complexity index is 258. The van der Waals surface area contributed by atoms with Crippen LogP contribution in [0.1, 0.15) is 33.1 Å². The molecule has 0 spiro atoms. The zero-order chi connectivity index (χ0) is 10.6. The fraction of sp³-hybridized carbons (Fsp3) is 0.909. The van der Waals surface area contributed by atoms with Crippen LogP contribution in [0, 0.1) is 16.7 Å². The first kappa shape index (κ1) is 12.8. The SMILES string of the molecule is COC(=O)[C@H](N)C12CC(C(C)C)(C1)C2.Cl. The summed E-state index contributed by atoms with van der Waals surface area (Å²) in [6, 6.07) is -0.395. The molecular weight excluding hydrogens is 214 g/mol. The Kier molecular flexibility index (Phi) is 3.10. The number of carbonyl (C=O) groups is 1. The van der Waals surface area contributed by atoms with Crippen molar-refractivity contribution in [3.05, 3.63) is 0 Å². The van der Waals surface area contributed by atoms with Crippen LogP contribution in [-0.2, 0) is 9.53 Å². The van der Waals surface area contributed by atoms with Crippen molar-refractivity contribution in [3.8, 4) is 0 Å². The van der Waals surface area contributed by atoms with Crippen molar-refractivity contribution >= 4 is 18.4 Å². The third kappa shape index (κ3) is 1.48. The normalized spacial score (nSPS) is 38.5. The highest BCUT2D eigenvalue weighted by Gasteiger charge is 2.71. The molecule has 0 aromatic heterocycles. The second kappa shape index (κ2) is 3.63. The second-order valence-corrected chi connectivity index (χ2v) is 5.41. The summed E-state index contributed by atoms with van der Waals surface area (Å²) in [4.78, 5) is 11.3. The molecule has 0 aliphatic heterocycles. The van der Waals surface area contributed by atoms with E-state index in [1.54, 1.807) is 0 Å². The van der Waals surface area contributed by atoms with E-state index in [0.29, 0.717) is 11.3 Å². The molecule has 88 valence electrons. The van der Waals surface area contributed by atoms with E-state index in [9.17, 15) is 4.79 Å². The second-order valence-electron chi connectivity index (χ2n) is 5.41. The molecule has 3 fully saturated rings. The lowest BCUT2D eigenvalue weighted by atomic mass is 9.30. The van der Waals surface area contributed by atoms with E-state index < -0.39 is 6.04 Å². The van der Waals surface area contributed by atoms with Gasteiger partial charge in [-0.05, 0) is 36.0 Å². The first-order valence-electron chi connectivity index (χ1n) is 5.29. The molecule has 0 saturated heterocycles. The molecule has 2 N–H and O–H groups in total. The molecule has 0 radical (unpaired) electrons. The highest BCUT2D eigenvalue weighted by molar-refractivity contribution is 5.85. The molecule has 15 heavy (non-hydrogen) atoms. The molecule has 0 aromatic carbocycles. The summed E-state index contributed by atoms with van der Waals surface area (Å²) in [5, 5.41) is 0. The van der Waals surface area contributed by atoms with Crippen LogP contribution in [0.5, 0.6) is 0 Å². The van der Waals surface area contributed by atoms with Gasteiger partial charge in [0.25, 0.3) is 0 Å². The third-order valence-corrected chi connectivity index (χ3v) is 4.45. The van der Waals surface area contributed by atoms with Crippen LogP contribution in [0.15, 0.2) is 0 Å². The molecular formula is C11H20ClNO2. The molecule has 0 unspecified atom stereocenters. The first-order valence-corrected chi connectivity index (χ1v) is 5.29. The Morgan fingerprint density at radius 3 is 2.07 bits per heavy atom. The number of methoxy groups -OCH3 is 1. The fourth-order valence-electron chi connectivity index (χ4n) is 3.27. The Morgan fingerprint density at radius 2 is 1.73 bits per heavy atom. The Balaban J connectivity index is 0.00000112. The highest BCUT2D eigenvalue weighted by Crippen LogP contribution is 2.77. The maximum absolute atomic E-state index is 11.3. The van der Waals surface area contributed by atoms with Crippen molar-refractivity contribution in [2.75, 3.05) is 7.11 Å². The molecule has 4 heteroatoms. The van der Waals surface area contributed by atoms with Gasteiger partial charge in [-0.1, -0.05) is 13.8 Å². The number of halogens is 1. The van der Waals surface area contributed by atoms with Crippen LogP contribution in [0.3, 0.4) is 0 Å². The summed E-state index contributed by atoms with van der Waals surface area (Å²) in [6.45, 7) is 4.51. The van der Waals surface area contributed by atoms with Crippen LogP contribution in [-0.4, -0.2) is 19.1 Å². The smallest absolute Gasteiger partial charge is 0.323 e. The fourth-order valence-corrected chi connectivity index (χ4v) is 3.27. The van der Waals surface area contributed by atoms with Crippen LogP contribution in [0.2, 0.25) is 0 Å². The van der Waals surface area contributed by atoms with Gasteiger partial charge in [0.15, 0.2) is 0 Å². The quantitative estimate of drug-likeness (QED) is 0.756. The van der Waals surface area contributed by atoms with E-state index >= 15 is 0 Å². The van der Waals surface area contributed by atoms with Gasteiger partial charge < -0.3 is 10.5 Å². The number of carbonyl (C=O) groups excluding carboxylic acids is 1. The monoisotopic (exact) mass is 233 g/mol. The summed E-state index contributed by atoms with van der Waals surface area (Å²) < 4.78 is 4.69. The Labute approximate surface area is 97.1 Å². The van der Waals surface area contributed by atoms with Gasteiger partial charge in [0, 0.05) is 0 Å². The summed E-state index contributed by atoms with van der Waals surface area (Å²) in [5.41, 5.74) is 6.49. The van der Waals surface area contributed by atoms with Crippen LogP contribution in [0.4, 0.5) is 0 Å². The van der Waals surface area contributed by atoms with Crippen LogP contribution >= 0.6 is 12.4 Å². The lowest BCUT2D eigenvalue weighted by Crippen LogP contribution is -2.72. The maximum atomic E-state index is 11.3. The number of ether oxygens (including phenoxy) is 1. The molecule has 3 rings (SSSR count). The molecule has 0 aromatic rings. The molecule has 3 aliphatic carbocycles. The number of nitrogens with two attached hydrogens (primary N) is 1. The zero-order valence-electron chi connectivity index (χ0n) is 9.58. The van der Waals surface area contributed by atoms with E-state index in [-0.39, 0.29) is 23.8 Å². The van der Waals surface area contributed by atoms with Gasteiger partial charge >= 0.3 is 5.97 Å². The van der Waals surface area contributed by atoms with E-state index in [4.69, 9.17) is 5.73 Å². The predicted molar refractivity (Wildman–Crippen MR) is 60.8 cm³/mol. The number of rotatable bonds is 3. The van der Waals surface area contributed by atoms with E-state index in [1.807, 2.05) is 0 Å². The van der Waals surface area contributed by atoms with Crippen molar-refractivity contribution < 1.29 is 9.53 Å². The minimum Gasteiger partial charge on any atom is -0.468 e. The first-order chi connectivity index (χ1) is 6.46. The Morgan fingerprint density at radius 1 is 1.27 bits per heavy atom. The molecule has 3 saturated carbocycles. The van der Waals surface area contributed by atoms with Crippen LogP contribution < -0.4 is 5.73 Å². The van der Waals surface area contributed by atoms with Gasteiger partial charge in [-0.15, -0.1) is 12.4 Å². The summed E-state index contributed by atoms with van der Waals surface area (Å²) in [5.74, 6) is 0.469. The number of hydrogen-bond acceptors (Lipinski definition) is 3. The number of esters is 1. The summed E-state index contributed by atoms with van der Waals surface area (Å²) >= 11 is 0. The lowest BCUT2D eigenvalue weighted by molar-refractivity contribution is -0.242. The molecule has 0 amide bonds. The average Bonchev–Trinajstić information content (AvgIpc) is 1.96. The standard InChI is InChI=1S/C11H19NO2.ClH/c1-7(2)10-4-11(5-10,6-10)8(12)9(13)14-3;/h7-8H,4-6,12H2,1-3H3;1H/t8-,10?,11?;/m0./s1. The van der Waals surface area contributed by atoms with Crippen molar-refractivity contribution in [3.63, 3.8) is 0 Å². The topological polar surface area (TPSA) is 52.3 Å². The van der Waals surface area contributed by atoms with Crippen molar-refractivity contribution in [2.45, 2.75) is 39.2 Å². The van der Waals surface area contributed by atoms with Crippen molar-refractivity contribution in [1.29, 1.82) is 0 Å². The summed E-state index contributed by atoms with van der Waals surface area (Å²) in [6.07, 6.45) is 3.36. The average molecular weight is 234 g/mol. The van der Waals surface area contributed by atoms with Crippen LogP contribution in [0.25, 0.3) is 0 Å². The van der Waals surface area contributed by atoms with Crippen molar-refractivity contribution in [2.24, 2.45) is 22.5 Å². The van der Waals surface area contributed by atoms with E-state index in [0.717, 1.165) is 19.3 Å². The minimum atomic E-state index is -0.395. The molecule has 3 aliphatic rings. The summed E-state index contributed by atoms with van der Waals surface area (Å²) in [7, 11) is 1.41. The minimum absolute atomic E-state index is 0. The van der Waals surface area contributed by atoms with Gasteiger partial charge in [-0.3, -0.25) is 4.79 Å². The molecule has 3 nitrogen and oxygen atoms in total. The van der Waals surface area contributed by atoms with Gasteiger partial charge in [0.2, 0.25) is 0 Å². The predicted octanol–water partition coefficient (Wildman–Crippen LogP) is 1.73. The molecule has 0 heterocycles. The largest absolute Gasteiger partial charge is 0.468 e. The van der Waals surface area contributed by atoms with Gasteiger partial charge in [-0.2, -0.15) is 0 Å². The lowest BCUT2D eigenvalue weighted by Gasteiger charge is -2.74. The van der Waals surface area contributed by atoms with Gasteiger partial charge in [0.1, 0.15) is 6.04 Å². The third-order valence-electron chi connectivity index (χ3n) is 4.45. The Hall–Kier alpha value is -0.280. The maximum Gasteiger partial charge on any atom is 0.323 e. The van der Waals surface area contributed by atoms with Crippen molar-refractivity contribution in [1.82, 2.24) is 0 Å². The van der Waals surface area contributed by atoms with Gasteiger partial charge in [0.05, 0.1) is 7.11 Å². The molecule has 2 bridgehead atoms. The van der Waals surface area contributed by atoms with Gasteiger partial charge in [-0.25, -0.2) is 0 Å². The number of hydrogen-bond donors (Lipinski definition) is 1. The zero-order valence-corrected chi connectivity index (χ0v) is 10.4. The van der Waals surface area contributed by atoms with E-state index in [2.05, 4.69) is 18.6 Å². The molecule has 1 atom stereocenters.